The summed E-state index contributed by atoms with van der Waals surface area (Å²) in [7, 11) is 0. The molecule has 2 aromatic carbocycles. The SMILES string of the molecule is C[C@@H](NC(=O)c1ccc2nc(Cl)oc2c1)c1ccccc1. The summed E-state index contributed by atoms with van der Waals surface area (Å²) < 4.78 is 5.22. The number of benzene rings is 2. The maximum absolute atomic E-state index is 12.3. The number of amides is 1. The first kappa shape index (κ1) is 13.6. The number of halogens is 1. The lowest BCUT2D eigenvalue weighted by atomic mass is 10.1. The average molecular weight is 301 g/mol. The number of nitrogens with zero attached hydrogens (tertiary/aromatic N) is 1. The van der Waals surface area contributed by atoms with Gasteiger partial charge in [0.2, 0.25) is 0 Å². The molecule has 3 rings (SSSR count). The van der Waals surface area contributed by atoms with E-state index >= 15 is 0 Å². The van der Waals surface area contributed by atoms with Gasteiger partial charge in [0.1, 0.15) is 5.52 Å². The van der Waals surface area contributed by atoms with Crippen LogP contribution in [0.3, 0.4) is 0 Å². The van der Waals surface area contributed by atoms with Crippen molar-refractivity contribution in [1.29, 1.82) is 0 Å². The lowest BCUT2D eigenvalue weighted by molar-refractivity contribution is 0.0940. The zero-order valence-corrected chi connectivity index (χ0v) is 12.1. The standard InChI is InChI=1S/C16H13ClN2O2/c1-10(11-5-3-2-4-6-11)18-15(20)12-7-8-13-14(9-12)21-16(17)19-13/h2-10H,1H3,(H,18,20)/t10-/m1/s1. The smallest absolute Gasteiger partial charge is 0.293 e. The largest absolute Gasteiger partial charge is 0.428 e. The lowest BCUT2D eigenvalue weighted by Gasteiger charge is -2.14. The molecule has 1 heterocycles. The Hall–Kier alpha value is -2.33. The van der Waals surface area contributed by atoms with Crippen molar-refractivity contribution < 1.29 is 9.21 Å². The number of fused-ring (bicyclic) bond motifs is 1. The molecule has 0 saturated heterocycles. The molecule has 0 bridgehead atoms. The van der Waals surface area contributed by atoms with Crippen LogP contribution in [0, 0.1) is 0 Å². The van der Waals surface area contributed by atoms with Crippen molar-refractivity contribution in [2.45, 2.75) is 13.0 Å². The van der Waals surface area contributed by atoms with Gasteiger partial charge in [-0.15, -0.1) is 0 Å². The van der Waals surface area contributed by atoms with E-state index in [0.29, 0.717) is 16.7 Å². The van der Waals surface area contributed by atoms with Crippen molar-refractivity contribution in [1.82, 2.24) is 10.3 Å². The van der Waals surface area contributed by atoms with E-state index in [4.69, 9.17) is 16.0 Å². The normalized spacial score (nSPS) is 12.3. The highest BCUT2D eigenvalue weighted by Gasteiger charge is 2.13. The van der Waals surface area contributed by atoms with Crippen LogP contribution in [0.5, 0.6) is 0 Å². The van der Waals surface area contributed by atoms with Crippen LogP contribution in [0.4, 0.5) is 0 Å². The van der Waals surface area contributed by atoms with Gasteiger partial charge in [-0.2, -0.15) is 4.98 Å². The van der Waals surface area contributed by atoms with E-state index in [1.165, 1.54) is 0 Å². The molecule has 106 valence electrons. The molecule has 4 nitrogen and oxygen atoms in total. The lowest BCUT2D eigenvalue weighted by Crippen LogP contribution is -2.26. The summed E-state index contributed by atoms with van der Waals surface area (Å²) in [4.78, 5) is 16.3. The number of carbonyl (C=O) groups excluding carboxylic acids is 1. The fourth-order valence-corrected chi connectivity index (χ4v) is 2.32. The third-order valence-corrected chi connectivity index (χ3v) is 3.43. The van der Waals surface area contributed by atoms with Crippen molar-refractivity contribution >= 4 is 28.6 Å². The summed E-state index contributed by atoms with van der Waals surface area (Å²) in [5, 5.41) is 3.02. The second-order valence-corrected chi connectivity index (χ2v) is 5.08. The molecule has 1 amide bonds. The number of hydrogen-bond acceptors (Lipinski definition) is 3. The van der Waals surface area contributed by atoms with Gasteiger partial charge in [-0.05, 0) is 42.3 Å². The Balaban J connectivity index is 1.80. The van der Waals surface area contributed by atoms with Crippen molar-refractivity contribution in [3.63, 3.8) is 0 Å². The maximum Gasteiger partial charge on any atom is 0.293 e. The molecule has 1 N–H and O–H groups in total. The summed E-state index contributed by atoms with van der Waals surface area (Å²) in [6.07, 6.45) is 0. The van der Waals surface area contributed by atoms with E-state index in [2.05, 4.69) is 10.3 Å². The summed E-state index contributed by atoms with van der Waals surface area (Å²) in [6, 6.07) is 14.8. The highest BCUT2D eigenvalue weighted by atomic mass is 35.5. The topological polar surface area (TPSA) is 55.1 Å². The van der Waals surface area contributed by atoms with E-state index in [1.807, 2.05) is 37.3 Å². The van der Waals surface area contributed by atoms with Crippen LogP contribution < -0.4 is 5.32 Å². The third-order valence-electron chi connectivity index (χ3n) is 3.27. The van der Waals surface area contributed by atoms with Crippen LogP contribution in [0.25, 0.3) is 11.1 Å². The number of carbonyl (C=O) groups is 1. The zero-order valence-electron chi connectivity index (χ0n) is 11.3. The van der Waals surface area contributed by atoms with Gasteiger partial charge in [-0.25, -0.2) is 0 Å². The highest BCUT2D eigenvalue weighted by Crippen LogP contribution is 2.20. The summed E-state index contributed by atoms with van der Waals surface area (Å²) >= 11 is 5.70. The van der Waals surface area contributed by atoms with Crippen LogP contribution in [-0.4, -0.2) is 10.9 Å². The van der Waals surface area contributed by atoms with Gasteiger partial charge in [-0.3, -0.25) is 4.79 Å². The number of oxazole rings is 1. The molecule has 1 atom stereocenters. The van der Waals surface area contributed by atoms with Crippen LogP contribution in [0.15, 0.2) is 52.9 Å². The van der Waals surface area contributed by atoms with Crippen LogP contribution in [0.2, 0.25) is 5.35 Å². The molecule has 3 aromatic rings. The Kier molecular flexibility index (Phi) is 3.62. The first-order valence-electron chi connectivity index (χ1n) is 6.55. The van der Waals surface area contributed by atoms with Crippen LogP contribution in [-0.2, 0) is 0 Å². The van der Waals surface area contributed by atoms with Gasteiger partial charge in [-0.1, -0.05) is 30.3 Å². The van der Waals surface area contributed by atoms with Gasteiger partial charge in [0, 0.05) is 5.56 Å². The average Bonchev–Trinajstić information content (AvgIpc) is 2.87. The Labute approximate surface area is 126 Å². The molecule has 1 aromatic heterocycles. The predicted octanol–water partition coefficient (Wildman–Crippen LogP) is 3.97. The van der Waals surface area contributed by atoms with E-state index in [-0.39, 0.29) is 17.3 Å². The van der Waals surface area contributed by atoms with E-state index < -0.39 is 0 Å². The van der Waals surface area contributed by atoms with Crippen molar-refractivity contribution in [2.75, 3.05) is 0 Å². The van der Waals surface area contributed by atoms with E-state index in [0.717, 1.165) is 5.56 Å². The Morgan fingerprint density at radius 2 is 2.00 bits per heavy atom. The minimum Gasteiger partial charge on any atom is -0.428 e. The maximum atomic E-state index is 12.3. The molecule has 0 spiro atoms. The molecule has 0 saturated carbocycles. The Morgan fingerprint density at radius 1 is 1.24 bits per heavy atom. The third kappa shape index (κ3) is 2.90. The number of rotatable bonds is 3. The van der Waals surface area contributed by atoms with Crippen molar-refractivity contribution in [2.24, 2.45) is 0 Å². The summed E-state index contributed by atoms with van der Waals surface area (Å²) in [5.41, 5.74) is 2.69. The fourth-order valence-electron chi connectivity index (χ4n) is 2.14. The molecule has 21 heavy (non-hydrogen) atoms. The molecule has 0 radical (unpaired) electrons. The zero-order chi connectivity index (χ0) is 14.8. The fraction of sp³-hybridized carbons (Fsp3) is 0.125. The molecule has 0 fully saturated rings. The number of hydrogen-bond donors (Lipinski definition) is 1. The van der Waals surface area contributed by atoms with Crippen molar-refractivity contribution in [3.05, 3.63) is 65.0 Å². The number of aromatic nitrogens is 1. The molecule has 0 unspecified atom stereocenters. The van der Waals surface area contributed by atoms with Gasteiger partial charge in [0.25, 0.3) is 11.3 Å². The van der Waals surface area contributed by atoms with Gasteiger partial charge in [0.05, 0.1) is 6.04 Å². The first-order valence-corrected chi connectivity index (χ1v) is 6.93. The quantitative estimate of drug-likeness (QED) is 0.796. The second-order valence-electron chi connectivity index (χ2n) is 4.76. The van der Waals surface area contributed by atoms with E-state index in [9.17, 15) is 4.79 Å². The van der Waals surface area contributed by atoms with Crippen LogP contribution in [0.1, 0.15) is 28.9 Å². The van der Waals surface area contributed by atoms with Gasteiger partial charge >= 0.3 is 0 Å². The van der Waals surface area contributed by atoms with Crippen molar-refractivity contribution in [3.8, 4) is 0 Å². The van der Waals surface area contributed by atoms with E-state index in [1.54, 1.807) is 18.2 Å². The number of nitrogens with one attached hydrogen (secondary N) is 1. The van der Waals surface area contributed by atoms with Gasteiger partial charge in [0.15, 0.2) is 5.58 Å². The second kappa shape index (κ2) is 5.58. The Bertz CT molecular complexity index is 783. The predicted molar refractivity (Wildman–Crippen MR) is 81.3 cm³/mol. The van der Waals surface area contributed by atoms with Gasteiger partial charge < -0.3 is 9.73 Å². The highest BCUT2D eigenvalue weighted by molar-refractivity contribution is 6.28. The molecular formula is C16H13ClN2O2. The van der Waals surface area contributed by atoms with Crippen LogP contribution >= 0.6 is 11.6 Å². The first-order chi connectivity index (χ1) is 10.1. The molecule has 0 aliphatic rings. The molecule has 5 heteroatoms. The summed E-state index contributed by atoms with van der Waals surface area (Å²) in [5.74, 6) is -0.166. The molecule has 0 aliphatic carbocycles. The molecule has 0 aliphatic heterocycles. The minimum atomic E-state index is -0.166. The Morgan fingerprint density at radius 3 is 2.76 bits per heavy atom. The monoisotopic (exact) mass is 300 g/mol. The summed E-state index contributed by atoms with van der Waals surface area (Å²) in [6.45, 7) is 1.94. The minimum absolute atomic E-state index is 0.0696. The molecular weight excluding hydrogens is 288 g/mol.